The Kier molecular flexibility index (Phi) is 5.68. The summed E-state index contributed by atoms with van der Waals surface area (Å²) < 4.78 is 18.7. The average Bonchev–Trinajstić information content (AvgIpc) is 2.43. The van der Waals surface area contributed by atoms with Gasteiger partial charge in [0.25, 0.3) is 0 Å². The van der Waals surface area contributed by atoms with Crippen molar-refractivity contribution in [2.45, 2.75) is 38.7 Å². The first kappa shape index (κ1) is 15.1. The zero-order valence-electron chi connectivity index (χ0n) is 12.0. The molecule has 1 aromatic carbocycles. The quantitative estimate of drug-likeness (QED) is 0.869. The van der Waals surface area contributed by atoms with Crippen molar-refractivity contribution in [1.29, 1.82) is 0 Å². The van der Waals surface area contributed by atoms with E-state index < -0.39 is 0 Å². The Bertz CT molecular complexity index is 456. The fourth-order valence-corrected chi connectivity index (χ4v) is 2.46. The van der Waals surface area contributed by atoms with Crippen LogP contribution < -0.4 is 5.32 Å². The minimum absolute atomic E-state index is 0.147. The van der Waals surface area contributed by atoms with E-state index >= 15 is 0 Å². The van der Waals surface area contributed by atoms with Crippen LogP contribution in [0.15, 0.2) is 18.2 Å². The second-order valence-corrected chi connectivity index (χ2v) is 5.36. The molecule has 1 saturated heterocycles. The highest BCUT2D eigenvalue weighted by Gasteiger charge is 2.14. The lowest BCUT2D eigenvalue weighted by Gasteiger charge is -2.22. The number of Topliss-reactive ketones (excluding diaryl/α,β-unsaturated/α-hetero) is 1. The zero-order valence-corrected chi connectivity index (χ0v) is 12.0. The van der Waals surface area contributed by atoms with E-state index in [1.54, 1.807) is 6.07 Å². The highest BCUT2D eigenvalue weighted by molar-refractivity contribution is 5.81. The van der Waals surface area contributed by atoms with E-state index in [9.17, 15) is 9.18 Å². The molecular formula is C16H22FNO2. The van der Waals surface area contributed by atoms with Gasteiger partial charge in [-0.3, -0.25) is 4.79 Å². The van der Waals surface area contributed by atoms with Crippen LogP contribution in [0.5, 0.6) is 0 Å². The number of ether oxygens (including phenoxy) is 1. The van der Waals surface area contributed by atoms with Gasteiger partial charge in [-0.2, -0.15) is 0 Å². The van der Waals surface area contributed by atoms with E-state index in [4.69, 9.17) is 4.74 Å². The van der Waals surface area contributed by atoms with Crippen LogP contribution in [0.1, 0.15) is 30.4 Å². The van der Waals surface area contributed by atoms with Crippen molar-refractivity contribution in [2.24, 2.45) is 0 Å². The Morgan fingerprint density at radius 1 is 1.40 bits per heavy atom. The third-order valence-corrected chi connectivity index (χ3v) is 3.71. The van der Waals surface area contributed by atoms with E-state index in [2.05, 4.69) is 5.32 Å². The summed E-state index contributed by atoms with van der Waals surface area (Å²) in [4.78, 5) is 11.9. The van der Waals surface area contributed by atoms with Gasteiger partial charge in [-0.05, 0) is 56.1 Å². The maximum Gasteiger partial charge on any atom is 0.139 e. The number of rotatable bonds is 6. The summed E-state index contributed by atoms with van der Waals surface area (Å²) in [5, 5.41) is 3.28. The summed E-state index contributed by atoms with van der Waals surface area (Å²) >= 11 is 0. The molecule has 0 unspecified atom stereocenters. The Morgan fingerprint density at radius 3 is 2.85 bits per heavy atom. The fourth-order valence-electron chi connectivity index (χ4n) is 2.46. The van der Waals surface area contributed by atoms with Crippen LogP contribution in [0.2, 0.25) is 0 Å². The van der Waals surface area contributed by atoms with Crippen LogP contribution >= 0.6 is 0 Å². The molecule has 110 valence electrons. The zero-order chi connectivity index (χ0) is 14.4. The van der Waals surface area contributed by atoms with Crippen molar-refractivity contribution in [3.8, 4) is 0 Å². The largest absolute Gasteiger partial charge is 0.378 e. The topological polar surface area (TPSA) is 38.3 Å². The minimum Gasteiger partial charge on any atom is -0.378 e. The molecule has 0 radical (unpaired) electrons. The van der Waals surface area contributed by atoms with Crippen LogP contribution in [-0.2, 0) is 16.0 Å². The number of hydrogen-bond acceptors (Lipinski definition) is 3. The van der Waals surface area contributed by atoms with E-state index in [0.717, 1.165) is 37.1 Å². The van der Waals surface area contributed by atoms with Gasteiger partial charge in [0, 0.05) is 12.8 Å². The van der Waals surface area contributed by atoms with Crippen LogP contribution in [0.3, 0.4) is 0 Å². The number of nitrogens with one attached hydrogen (secondary N) is 1. The lowest BCUT2D eigenvalue weighted by atomic mass is 10.0. The van der Waals surface area contributed by atoms with Gasteiger partial charge in [0.15, 0.2) is 0 Å². The van der Waals surface area contributed by atoms with Crippen molar-refractivity contribution in [3.63, 3.8) is 0 Å². The van der Waals surface area contributed by atoms with Crippen LogP contribution in [0.25, 0.3) is 0 Å². The Labute approximate surface area is 119 Å². The highest BCUT2D eigenvalue weighted by Crippen LogP contribution is 2.12. The van der Waals surface area contributed by atoms with Gasteiger partial charge in [-0.25, -0.2) is 4.39 Å². The molecule has 0 spiro atoms. The molecule has 0 aliphatic carbocycles. The minimum atomic E-state index is -0.257. The molecule has 1 aromatic rings. The van der Waals surface area contributed by atoms with Crippen LogP contribution in [-0.4, -0.2) is 31.6 Å². The van der Waals surface area contributed by atoms with Crippen LogP contribution in [0, 0.1) is 12.7 Å². The molecule has 1 aliphatic heterocycles. The van der Waals surface area contributed by atoms with Crippen LogP contribution in [0.4, 0.5) is 4.39 Å². The predicted molar refractivity (Wildman–Crippen MR) is 76.3 cm³/mol. The van der Waals surface area contributed by atoms with Gasteiger partial charge >= 0.3 is 0 Å². The summed E-state index contributed by atoms with van der Waals surface area (Å²) in [6.45, 7) is 4.31. The molecule has 0 aromatic heterocycles. The number of hydrogen-bond donors (Lipinski definition) is 1. The molecule has 0 atom stereocenters. The van der Waals surface area contributed by atoms with Crippen molar-refractivity contribution >= 4 is 5.78 Å². The summed E-state index contributed by atoms with van der Waals surface area (Å²) in [6.07, 6.45) is 3.12. The SMILES string of the molecule is Cc1cc(F)ccc1CC(=O)CCOC1CCNCC1. The Balaban J connectivity index is 1.72. The molecule has 1 N–H and O–H groups in total. The maximum atomic E-state index is 13.0. The van der Waals surface area contributed by atoms with E-state index in [-0.39, 0.29) is 17.7 Å². The van der Waals surface area contributed by atoms with Gasteiger partial charge in [0.05, 0.1) is 12.7 Å². The van der Waals surface area contributed by atoms with Gasteiger partial charge in [-0.15, -0.1) is 0 Å². The molecule has 0 bridgehead atoms. The van der Waals surface area contributed by atoms with Gasteiger partial charge in [0.2, 0.25) is 0 Å². The van der Waals surface area contributed by atoms with Gasteiger partial charge in [-0.1, -0.05) is 6.07 Å². The molecule has 1 aliphatic rings. The lowest BCUT2D eigenvalue weighted by molar-refractivity contribution is -0.120. The second-order valence-electron chi connectivity index (χ2n) is 5.36. The van der Waals surface area contributed by atoms with Crippen molar-refractivity contribution < 1.29 is 13.9 Å². The number of halogens is 1. The molecule has 20 heavy (non-hydrogen) atoms. The maximum absolute atomic E-state index is 13.0. The van der Waals surface area contributed by atoms with E-state index in [0.29, 0.717) is 19.4 Å². The molecule has 2 rings (SSSR count). The first-order valence-electron chi connectivity index (χ1n) is 7.24. The summed E-state index contributed by atoms with van der Waals surface area (Å²) in [5.74, 6) is -0.110. The number of aryl methyl sites for hydroxylation is 1. The van der Waals surface area contributed by atoms with Gasteiger partial charge in [0.1, 0.15) is 11.6 Å². The molecule has 4 heteroatoms. The number of piperidine rings is 1. The Morgan fingerprint density at radius 2 is 2.15 bits per heavy atom. The average molecular weight is 279 g/mol. The highest BCUT2D eigenvalue weighted by atomic mass is 19.1. The normalized spacial score (nSPS) is 16.3. The molecule has 3 nitrogen and oxygen atoms in total. The fraction of sp³-hybridized carbons (Fsp3) is 0.562. The molecule has 1 fully saturated rings. The smallest absolute Gasteiger partial charge is 0.139 e. The molecule has 1 heterocycles. The lowest BCUT2D eigenvalue weighted by Crippen LogP contribution is -2.32. The standard InChI is InChI=1S/C16H22FNO2/c1-12-10-14(17)3-2-13(12)11-15(19)6-9-20-16-4-7-18-8-5-16/h2-3,10,16,18H,4-9,11H2,1H3. The summed E-state index contributed by atoms with van der Waals surface area (Å²) in [7, 11) is 0. The predicted octanol–water partition coefficient (Wildman–Crippen LogP) is 2.40. The number of benzene rings is 1. The molecular weight excluding hydrogens is 257 g/mol. The number of carbonyl (C=O) groups excluding carboxylic acids is 1. The van der Waals surface area contributed by atoms with E-state index in [1.165, 1.54) is 12.1 Å². The van der Waals surface area contributed by atoms with Gasteiger partial charge < -0.3 is 10.1 Å². The molecule has 0 saturated carbocycles. The van der Waals surface area contributed by atoms with E-state index in [1.807, 2.05) is 6.92 Å². The first-order valence-corrected chi connectivity index (χ1v) is 7.24. The van der Waals surface area contributed by atoms with Crippen molar-refractivity contribution in [1.82, 2.24) is 5.32 Å². The van der Waals surface area contributed by atoms with Crippen molar-refractivity contribution in [2.75, 3.05) is 19.7 Å². The van der Waals surface area contributed by atoms with Crippen molar-refractivity contribution in [3.05, 3.63) is 35.1 Å². The molecule has 0 amide bonds. The summed E-state index contributed by atoms with van der Waals surface area (Å²) in [6, 6.07) is 4.56. The monoisotopic (exact) mass is 279 g/mol. The second kappa shape index (κ2) is 7.50. The first-order chi connectivity index (χ1) is 9.65. The third kappa shape index (κ3) is 4.69. The number of carbonyl (C=O) groups is 1. The summed E-state index contributed by atoms with van der Waals surface area (Å²) in [5.41, 5.74) is 1.73. The number of ketones is 1. The Hall–Kier alpha value is -1.26. The third-order valence-electron chi connectivity index (χ3n) is 3.71.